The molecule has 1 unspecified atom stereocenters. The zero-order valence-electron chi connectivity index (χ0n) is 10.3. The third kappa shape index (κ3) is 4.87. The van der Waals surface area contributed by atoms with Gasteiger partial charge >= 0.3 is 6.18 Å². The summed E-state index contributed by atoms with van der Waals surface area (Å²) in [5.41, 5.74) is 4.83. The minimum atomic E-state index is -4.46. The molecule has 3 N–H and O–H groups in total. The number of halogens is 3. The fourth-order valence-corrected chi connectivity index (χ4v) is 1.50. The van der Waals surface area contributed by atoms with E-state index in [0.29, 0.717) is 18.3 Å². The van der Waals surface area contributed by atoms with E-state index in [9.17, 15) is 13.2 Å². The van der Waals surface area contributed by atoms with Crippen LogP contribution in [0.5, 0.6) is 0 Å². The third-order valence-electron chi connectivity index (χ3n) is 2.27. The third-order valence-corrected chi connectivity index (χ3v) is 2.27. The number of aromatic nitrogens is 2. The largest absolute Gasteiger partial charge is 0.435 e. The maximum Gasteiger partial charge on any atom is 0.435 e. The SMILES string of the molecule is CC(C)CC(N)CNc1ccc(C(F)(F)F)nn1. The number of hydrogen-bond acceptors (Lipinski definition) is 4. The molecule has 102 valence electrons. The molecule has 0 bridgehead atoms. The van der Waals surface area contributed by atoms with Gasteiger partial charge < -0.3 is 11.1 Å². The zero-order chi connectivity index (χ0) is 13.8. The van der Waals surface area contributed by atoms with E-state index in [4.69, 9.17) is 5.73 Å². The number of alkyl halides is 3. The number of nitrogens with one attached hydrogen (secondary N) is 1. The molecule has 1 atom stereocenters. The molecule has 0 fully saturated rings. The van der Waals surface area contributed by atoms with Gasteiger partial charge in [-0.05, 0) is 24.5 Å². The first-order chi connectivity index (χ1) is 8.29. The van der Waals surface area contributed by atoms with Gasteiger partial charge in [-0.3, -0.25) is 0 Å². The van der Waals surface area contributed by atoms with Crippen molar-refractivity contribution in [1.29, 1.82) is 0 Å². The first-order valence-corrected chi connectivity index (χ1v) is 5.69. The van der Waals surface area contributed by atoms with Crippen LogP contribution >= 0.6 is 0 Å². The maximum absolute atomic E-state index is 12.2. The van der Waals surface area contributed by atoms with Gasteiger partial charge in [0.15, 0.2) is 5.69 Å². The van der Waals surface area contributed by atoms with Crippen molar-refractivity contribution < 1.29 is 13.2 Å². The number of rotatable bonds is 5. The predicted molar refractivity (Wildman–Crippen MR) is 63.0 cm³/mol. The number of hydrogen-bond donors (Lipinski definition) is 2. The number of nitrogens with zero attached hydrogens (tertiary/aromatic N) is 2. The first-order valence-electron chi connectivity index (χ1n) is 5.69. The molecule has 0 saturated carbocycles. The van der Waals surface area contributed by atoms with E-state index in [0.717, 1.165) is 12.5 Å². The van der Waals surface area contributed by atoms with E-state index >= 15 is 0 Å². The Hall–Kier alpha value is -1.37. The predicted octanol–water partition coefficient (Wildman–Crippen LogP) is 2.28. The zero-order valence-corrected chi connectivity index (χ0v) is 10.3. The molecule has 0 aliphatic heterocycles. The summed E-state index contributed by atoms with van der Waals surface area (Å²) in [6, 6.07) is 2.08. The van der Waals surface area contributed by atoms with Crippen LogP contribution in [0.15, 0.2) is 12.1 Å². The van der Waals surface area contributed by atoms with Crippen LogP contribution in [0.4, 0.5) is 19.0 Å². The fraction of sp³-hybridized carbons (Fsp3) is 0.636. The van der Waals surface area contributed by atoms with E-state index < -0.39 is 11.9 Å². The average Bonchev–Trinajstić information content (AvgIpc) is 2.25. The molecule has 0 amide bonds. The Bertz CT molecular complexity index is 362. The van der Waals surface area contributed by atoms with E-state index in [1.807, 2.05) is 0 Å². The second-order valence-electron chi connectivity index (χ2n) is 4.57. The fourth-order valence-electron chi connectivity index (χ4n) is 1.50. The molecule has 1 aromatic heterocycles. The normalized spacial score (nSPS) is 13.7. The topological polar surface area (TPSA) is 63.8 Å². The Morgan fingerprint density at radius 1 is 1.28 bits per heavy atom. The molecular weight excluding hydrogens is 245 g/mol. The Labute approximate surface area is 104 Å². The van der Waals surface area contributed by atoms with E-state index in [2.05, 4.69) is 29.4 Å². The summed E-state index contributed by atoms with van der Waals surface area (Å²) in [5, 5.41) is 9.43. The van der Waals surface area contributed by atoms with Crippen LogP contribution in [0.3, 0.4) is 0 Å². The van der Waals surface area contributed by atoms with Gasteiger partial charge in [0.2, 0.25) is 0 Å². The summed E-state index contributed by atoms with van der Waals surface area (Å²) in [7, 11) is 0. The lowest BCUT2D eigenvalue weighted by Gasteiger charge is -2.15. The van der Waals surface area contributed by atoms with Gasteiger partial charge in [0.1, 0.15) is 5.82 Å². The van der Waals surface area contributed by atoms with Crippen LogP contribution < -0.4 is 11.1 Å². The summed E-state index contributed by atoms with van der Waals surface area (Å²) in [5.74, 6) is 0.766. The Balaban J connectivity index is 2.49. The Morgan fingerprint density at radius 3 is 2.39 bits per heavy atom. The molecule has 0 aromatic carbocycles. The minimum absolute atomic E-state index is 0.0610. The van der Waals surface area contributed by atoms with Gasteiger partial charge in [-0.1, -0.05) is 13.8 Å². The Morgan fingerprint density at radius 2 is 1.94 bits per heavy atom. The lowest BCUT2D eigenvalue weighted by atomic mass is 10.0. The average molecular weight is 262 g/mol. The molecule has 1 rings (SSSR count). The van der Waals surface area contributed by atoms with Crippen LogP contribution in [0, 0.1) is 5.92 Å². The monoisotopic (exact) mass is 262 g/mol. The summed E-state index contributed by atoms with van der Waals surface area (Å²) >= 11 is 0. The molecule has 7 heteroatoms. The highest BCUT2D eigenvalue weighted by Gasteiger charge is 2.32. The molecule has 1 aromatic rings. The van der Waals surface area contributed by atoms with Crippen LogP contribution in [0.2, 0.25) is 0 Å². The Kier molecular flexibility index (Phi) is 4.89. The van der Waals surface area contributed by atoms with Crippen molar-refractivity contribution in [1.82, 2.24) is 10.2 Å². The number of anilines is 1. The lowest BCUT2D eigenvalue weighted by molar-refractivity contribution is -0.141. The first kappa shape index (κ1) is 14.7. The molecule has 1 heterocycles. The molecule has 0 aliphatic carbocycles. The highest BCUT2D eigenvalue weighted by atomic mass is 19.4. The van der Waals surface area contributed by atoms with Crippen molar-refractivity contribution >= 4 is 5.82 Å². The molecule has 0 saturated heterocycles. The summed E-state index contributed by atoms with van der Waals surface area (Å²) in [6.45, 7) is 4.56. The van der Waals surface area contributed by atoms with Gasteiger partial charge in [0.05, 0.1) is 0 Å². The summed E-state index contributed by atoms with van der Waals surface area (Å²) in [4.78, 5) is 0. The van der Waals surface area contributed by atoms with Gasteiger partial charge in [-0.15, -0.1) is 10.2 Å². The lowest BCUT2D eigenvalue weighted by Crippen LogP contribution is -2.30. The van der Waals surface area contributed by atoms with Gasteiger partial charge in [-0.2, -0.15) is 13.2 Å². The van der Waals surface area contributed by atoms with Crippen LogP contribution in [-0.2, 0) is 6.18 Å². The van der Waals surface area contributed by atoms with Crippen molar-refractivity contribution in [3.63, 3.8) is 0 Å². The molecule has 4 nitrogen and oxygen atoms in total. The summed E-state index contributed by atoms with van der Waals surface area (Å²) in [6.07, 6.45) is -3.62. The van der Waals surface area contributed by atoms with Crippen molar-refractivity contribution in [3.05, 3.63) is 17.8 Å². The van der Waals surface area contributed by atoms with E-state index in [-0.39, 0.29) is 6.04 Å². The smallest absolute Gasteiger partial charge is 0.367 e. The van der Waals surface area contributed by atoms with Gasteiger partial charge in [-0.25, -0.2) is 0 Å². The van der Waals surface area contributed by atoms with Crippen LogP contribution in [0.25, 0.3) is 0 Å². The quantitative estimate of drug-likeness (QED) is 0.854. The van der Waals surface area contributed by atoms with Crippen molar-refractivity contribution in [2.75, 3.05) is 11.9 Å². The van der Waals surface area contributed by atoms with E-state index in [1.54, 1.807) is 0 Å². The highest BCUT2D eigenvalue weighted by molar-refractivity contribution is 5.33. The second kappa shape index (κ2) is 5.99. The van der Waals surface area contributed by atoms with Crippen LogP contribution in [-0.4, -0.2) is 22.8 Å². The van der Waals surface area contributed by atoms with Crippen molar-refractivity contribution in [2.24, 2.45) is 11.7 Å². The summed E-state index contributed by atoms with van der Waals surface area (Å²) < 4.78 is 36.7. The standard InChI is InChI=1S/C11H17F3N4/c1-7(2)5-8(15)6-16-10-4-3-9(17-18-10)11(12,13)14/h3-4,7-8H,5-6,15H2,1-2H3,(H,16,18). The molecule has 18 heavy (non-hydrogen) atoms. The molecular formula is C11H17F3N4. The van der Waals surface area contributed by atoms with E-state index in [1.165, 1.54) is 6.07 Å². The molecule has 0 aliphatic rings. The minimum Gasteiger partial charge on any atom is -0.367 e. The van der Waals surface area contributed by atoms with Crippen molar-refractivity contribution in [2.45, 2.75) is 32.5 Å². The highest BCUT2D eigenvalue weighted by Crippen LogP contribution is 2.26. The second-order valence-corrected chi connectivity index (χ2v) is 4.57. The number of nitrogens with two attached hydrogens (primary N) is 1. The van der Waals surface area contributed by atoms with Gasteiger partial charge in [0.25, 0.3) is 0 Å². The molecule has 0 radical (unpaired) electrons. The van der Waals surface area contributed by atoms with Crippen molar-refractivity contribution in [3.8, 4) is 0 Å². The maximum atomic E-state index is 12.2. The van der Waals surface area contributed by atoms with Gasteiger partial charge in [0, 0.05) is 12.6 Å². The molecule has 0 spiro atoms. The van der Waals surface area contributed by atoms with Crippen LogP contribution in [0.1, 0.15) is 26.0 Å².